The number of hydrogen-bond donors (Lipinski definition) is 0. The van der Waals surface area contributed by atoms with E-state index in [4.69, 9.17) is 0 Å². The molecule has 1 unspecified atom stereocenters. The first-order valence-electron chi connectivity index (χ1n) is 5.28. The van der Waals surface area contributed by atoms with Gasteiger partial charge in [-0.2, -0.15) is 0 Å². The molecule has 1 atom stereocenters. The third-order valence-electron chi connectivity index (χ3n) is 2.56. The Balaban J connectivity index is 2.08. The van der Waals surface area contributed by atoms with E-state index in [1.807, 2.05) is 24.3 Å². The minimum absolute atomic E-state index is 0.504. The molecule has 0 heterocycles. The molecule has 0 saturated carbocycles. The summed E-state index contributed by atoms with van der Waals surface area (Å²) in [6, 6.07) is 22.9. The molecule has 2 rings (SSSR count). The fourth-order valence-electron chi connectivity index (χ4n) is 1.71. The summed E-state index contributed by atoms with van der Waals surface area (Å²) in [4.78, 5) is 0. The minimum atomic E-state index is 0.504. The van der Waals surface area contributed by atoms with Gasteiger partial charge in [-0.05, 0) is 35.6 Å². The average Bonchev–Trinajstić information content (AvgIpc) is 2.31. The SMILES string of the molecule is CC(Cc1[c]cccc1)c1[c]cccc1. The van der Waals surface area contributed by atoms with E-state index in [9.17, 15) is 0 Å². The molecule has 0 aliphatic carbocycles. The topological polar surface area (TPSA) is 0 Å². The van der Waals surface area contributed by atoms with Crippen LogP contribution in [0.25, 0.3) is 0 Å². The van der Waals surface area contributed by atoms with Gasteiger partial charge in [0.15, 0.2) is 0 Å². The van der Waals surface area contributed by atoms with Gasteiger partial charge in [-0.3, -0.25) is 0 Å². The molecule has 0 aliphatic rings. The van der Waals surface area contributed by atoms with Gasteiger partial charge in [-0.25, -0.2) is 0 Å². The van der Waals surface area contributed by atoms with Crippen LogP contribution in [0.1, 0.15) is 24.0 Å². The summed E-state index contributed by atoms with van der Waals surface area (Å²) in [5.41, 5.74) is 2.54. The smallest absolute Gasteiger partial charge is 0.0144 e. The monoisotopic (exact) mass is 194 g/mol. The van der Waals surface area contributed by atoms with E-state index in [2.05, 4.69) is 43.3 Å². The normalized spacial score (nSPS) is 12.3. The van der Waals surface area contributed by atoms with Crippen molar-refractivity contribution in [1.29, 1.82) is 0 Å². The summed E-state index contributed by atoms with van der Waals surface area (Å²) in [6.45, 7) is 2.23. The standard InChI is InChI=1S/C15H14/c1-13(15-10-6-3-7-11-15)12-14-8-4-2-5-9-14/h2-8,10,13H,12H2,1H3. The van der Waals surface area contributed by atoms with Crippen molar-refractivity contribution >= 4 is 0 Å². The Morgan fingerprint density at radius 1 is 1.00 bits per heavy atom. The average molecular weight is 194 g/mol. The quantitative estimate of drug-likeness (QED) is 0.700. The van der Waals surface area contributed by atoms with Crippen LogP contribution in [0.3, 0.4) is 0 Å². The highest BCUT2D eigenvalue weighted by molar-refractivity contribution is 5.21. The second-order valence-electron chi connectivity index (χ2n) is 3.81. The molecule has 2 radical (unpaired) electrons. The second-order valence-corrected chi connectivity index (χ2v) is 3.81. The van der Waals surface area contributed by atoms with Crippen molar-refractivity contribution in [2.24, 2.45) is 0 Å². The maximum atomic E-state index is 3.27. The maximum absolute atomic E-state index is 3.27. The Morgan fingerprint density at radius 3 is 2.33 bits per heavy atom. The van der Waals surface area contributed by atoms with E-state index in [0.29, 0.717) is 5.92 Å². The molecule has 0 bridgehead atoms. The van der Waals surface area contributed by atoms with Crippen LogP contribution in [0.15, 0.2) is 48.5 Å². The van der Waals surface area contributed by atoms with Gasteiger partial charge in [-0.1, -0.05) is 55.5 Å². The molecule has 0 spiro atoms. The van der Waals surface area contributed by atoms with Gasteiger partial charge in [0.25, 0.3) is 0 Å². The van der Waals surface area contributed by atoms with E-state index in [1.54, 1.807) is 0 Å². The summed E-state index contributed by atoms with van der Waals surface area (Å²) in [5.74, 6) is 0.504. The van der Waals surface area contributed by atoms with Gasteiger partial charge in [0.1, 0.15) is 0 Å². The number of rotatable bonds is 3. The highest BCUT2D eigenvalue weighted by atomic mass is 14.1. The Kier molecular flexibility index (Phi) is 3.18. The number of benzene rings is 2. The van der Waals surface area contributed by atoms with E-state index in [-0.39, 0.29) is 0 Å². The van der Waals surface area contributed by atoms with Crippen LogP contribution in [-0.2, 0) is 6.42 Å². The van der Waals surface area contributed by atoms with E-state index in [0.717, 1.165) is 6.42 Å². The minimum Gasteiger partial charge on any atom is -0.0620 e. The molecule has 0 saturated heterocycles. The zero-order valence-electron chi connectivity index (χ0n) is 8.90. The van der Waals surface area contributed by atoms with Crippen LogP contribution in [-0.4, -0.2) is 0 Å². The summed E-state index contributed by atoms with van der Waals surface area (Å²) in [6.07, 6.45) is 1.03. The zero-order chi connectivity index (χ0) is 10.5. The Hall–Kier alpha value is -1.56. The Morgan fingerprint density at radius 2 is 1.73 bits per heavy atom. The van der Waals surface area contributed by atoms with Gasteiger partial charge in [0.2, 0.25) is 0 Å². The van der Waals surface area contributed by atoms with Crippen LogP contribution in [0.4, 0.5) is 0 Å². The van der Waals surface area contributed by atoms with Gasteiger partial charge in [0, 0.05) is 0 Å². The van der Waals surface area contributed by atoms with Crippen molar-refractivity contribution in [3.63, 3.8) is 0 Å². The van der Waals surface area contributed by atoms with Crippen LogP contribution >= 0.6 is 0 Å². The lowest BCUT2D eigenvalue weighted by Gasteiger charge is -2.10. The third kappa shape index (κ3) is 2.69. The van der Waals surface area contributed by atoms with Gasteiger partial charge < -0.3 is 0 Å². The summed E-state index contributed by atoms with van der Waals surface area (Å²) in [7, 11) is 0. The van der Waals surface area contributed by atoms with E-state index in [1.165, 1.54) is 11.1 Å². The summed E-state index contributed by atoms with van der Waals surface area (Å²) >= 11 is 0. The lowest BCUT2D eigenvalue weighted by atomic mass is 9.94. The molecular weight excluding hydrogens is 180 g/mol. The summed E-state index contributed by atoms with van der Waals surface area (Å²) in [5, 5.41) is 0. The van der Waals surface area contributed by atoms with Crippen molar-refractivity contribution < 1.29 is 0 Å². The molecule has 2 aromatic carbocycles. The van der Waals surface area contributed by atoms with Gasteiger partial charge in [0.05, 0.1) is 0 Å². The molecule has 74 valence electrons. The van der Waals surface area contributed by atoms with E-state index >= 15 is 0 Å². The molecule has 0 aliphatic heterocycles. The Bertz CT molecular complexity index is 389. The highest BCUT2D eigenvalue weighted by Gasteiger charge is 2.05. The van der Waals surface area contributed by atoms with Crippen LogP contribution in [0, 0.1) is 12.1 Å². The fourth-order valence-corrected chi connectivity index (χ4v) is 1.71. The van der Waals surface area contributed by atoms with Gasteiger partial charge in [-0.15, -0.1) is 0 Å². The first-order chi connectivity index (χ1) is 7.36. The van der Waals surface area contributed by atoms with Crippen LogP contribution < -0.4 is 0 Å². The molecule has 0 aromatic heterocycles. The fraction of sp³-hybridized carbons (Fsp3) is 0.200. The van der Waals surface area contributed by atoms with Crippen molar-refractivity contribution in [2.75, 3.05) is 0 Å². The maximum Gasteiger partial charge on any atom is -0.0144 e. The molecule has 0 fully saturated rings. The van der Waals surface area contributed by atoms with E-state index < -0.39 is 0 Å². The van der Waals surface area contributed by atoms with Crippen molar-refractivity contribution in [3.8, 4) is 0 Å². The molecule has 2 aromatic rings. The predicted molar refractivity (Wildman–Crippen MR) is 62.7 cm³/mol. The van der Waals surface area contributed by atoms with Crippen LogP contribution in [0.5, 0.6) is 0 Å². The molecule has 0 amide bonds. The largest absolute Gasteiger partial charge is 0.0620 e. The molecule has 0 heteroatoms. The lowest BCUT2D eigenvalue weighted by Crippen LogP contribution is -1.98. The zero-order valence-corrected chi connectivity index (χ0v) is 8.90. The molecule has 0 nitrogen and oxygen atoms in total. The lowest BCUT2D eigenvalue weighted by molar-refractivity contribution is 0.757. The first kappa shape index (κ1) is 9.97. The second kappa shape index (κ2) is 4.79. The van der Waals surface area contributed by atoms with Crippen molar-refractivity contribution in [2.45, 2.75) is 19.3 Å². The Labute approximate surface area is 91.6 Å². The number of hydrogen-bond acceptors (Lipinski definition) is 0. The first-order valence-corrected chi connectivity index (χ1v) is 5.28. The van der Waals surface area contributed by atoms with Crippen molar-refractivity contribution in [3.05, 3.63) is 71.8 Å². The van der Waals surface area contributed by atoms with Crippen LogP contribution in [0.2, 0.25) is 0 Å². The molecule has 15 heavy (non-hydrogen) atoms. The highest BCUT2D eigenvalue weighted by Crippen LogP contribution is 2.18. The third-order valence-corrected chi connectivity index (χ3v) is 2.56. The predicted octanol–water partition coefficient (Wildman–Crippen LogP) is 3.63. The summed E-state index contributed by atoms with van der Waals surface area (Å²) < 4.78 is 0. The molecule has 0 N–H and O–H groups in total. The van der Waals surface area contributed by atoms with Gasteiger partial charge >= 0.3 is 0 Å². The van der Waals surface area contributed by atoms with Crippen molar-refractivity contribution in [1.82, 2.24) is 0 Å². The molecular formula is C15H14.